The highest BCUT2D eigenvalue weighted by molar-refractivity contribution is 5.88. The zero-order chi connectivity index (χ0) is 15.5. The third-order valence-corrected chi connectivity index (χ3v) is 4.03. The maximum absolute atomic E-state index is 12.2. The normalized spacial score (nSPS) is 16.5. The van der Waals surface area contributed by atoms with Crippen LogP contribution in [0.15, 0.2) is 18.2 Å². The van der Waals surface area contributed by atoms with Gasteiger partial charge in [-0.25, -0.2) is 4.79 Å². The van der Waals surface area contributed by atoms with E-state index >= 15 is 0 Å². The zero-order valence-corrected chi connectivity index (χ0v) is 12.4. The first-order chi connectivity index (χ1) is 9.97. The molecule has 0 atom stereocenters. The van der Waals surface area contributed by atoms with Crippen molar-refractivity contribution in [2.24, 2.45) is 0 Å². The number of carbonyl (C=O) groups excluding carboxylic acids is 1. The summed E-state index contributed by atoms with van der Waals surface area (Å²) in [6.07, 6.45) is 2.79. The second-order valence-electron chi connectivity index (χ2n) is 5.63. The fraction of sp³-hybridized carbons (Fsp3) is 0.500. The summed E-state index contributed by atoms with van der Waals surface area (Å²) < 4.78 is 5.25. The Kier molecular flexibility index (Phi) is 4.50. The monoisotopic (exact) mass is 291 g/mol. The molecular formula is C16H21NO4. The number of carbonyl (C=O) groups is 2. The lowest BCUT2D eigenvalue weighted by Crippen LogP contribution is -2.52. The molecule has 1 fully saturated rings. The van der Waals surface area contributed by atoms with Gasteiger partial charge in [-0.2, -0.15) is 0 Å². The van der Waals surface area contributed by atoms with Gasteiger partial charge in [0.05, 0.1) is 13.5 Å². The van der Waals surface area contributed by atoms with Crippen LogP contribution in [0.4, 0.5) is 0 Å². The molecule has 5 heteroatoms. The first-order valence-corrected chi connectivity index (χ1v) is 7.15. The van der Waals surface area contributed by atoms with E-state index in [1.165, 1.54) is 0 Å². The standard InChI is InChI=1S/C16H21NO4/c1-11-5-6-13(21-2)12(9-11)10-14(18)17-16(15(19)20)7-3-4-8-16/h5-6,9H,3-4,7-8,10H2,1-2H3,(H,17,18)(H,19,20). The molecule has 0 saturated heterocycles. The molecule has 0 radical (unpaired) electrons. The number of hydrogen-bond acceptors (Lipinski definition) is 3. The maximum atomic E-state index is 12.2. The number of methoxy groups -OCH3 is 1. The SMILES string of the molecule is COc1ccc(C)cc1CC(=O)NC1(C(=O)O)CCCC1. The van der Waals surface area contributed by atoms with Gasteiger partial charge in [0.2, 0.25) is 5.91 Å². The van der Waals surface area contributed by atoms with E-state index < -0.39 is 11.5 Å². The van der Waals surface area contributed by atoms with E-state index in [0.29, 0.717) is 18.6 Å². The van der Waals surface area contributed by atoms with Crippen LogP contribution >= 0.6 is 0 Å². The molecule has 0 unspecified atom stereocenters. The predicted octanol–water partition coefficient (Wildman–Crippen LogP) is 2.06. The van der Waals surface area contributed by atoms with E-state index in [1.807, 2.05) is 25.1 Å². The Morgan fingerprint density at radius 1 is 1.33 bits per heavy atom. The highest BCUT2D eigenvalue weighted by Crippen LogP contribution is 2.30. The van der Waals surface area contributed by atoms with Gasteiger partial charge in [-0.05, 0) is 25.8 Å². The molecule has 0 bridgehead atoms. The Hall–Kier alpha value is -2.04. The molecular weight excluding hydrogens is 270 g/mol. The van der Waals surface area contributed by atoms with Gasteiger partial charge in [0.25, 0.3) is 0 Å². The Balaban J connectivity index is 2.11. The number of benzene rings is 1. The summed E-state index contributed by atoms with van der Waals surface area (Å²) in [7, 11) is 1.56. The Morgan fingerprint density at radius 3 is 2.57 bits per heavy atom. The summed E-state index contributed by atoms with van der Waals surface area (Å²) in [5.74, 6) is -0.570. The lowest BCUT2D eigenvalue weighted by atomic mass is 9.97. The molecule has 0 heterocycles. The number of amides is 1. The quantitative estimate of drug-likeness (QED) is 0.870. The Bertz CT molecular complexity index is 547. The van der Waals surface area contributed by atoms with Crippen LogP contribution in [-0.4, -0.2) is 29.6 Å². The molecule has 1 aliphatic rings. The number of ether oxygens (including phenoxy) is 1. The van der Waals surface area contributed by atoms with E-state index in [-0.39, 0.29) is 12.3 Å². The first-order valence-electron chi connectivity index (χ1n) is 7.15. The number of carboxylic acid groups (broad SMARTS) is 1. The summed E-state index contributed by atoms with van der Waals surface area (Å²) in [5.41, 5.74) is 0.717. The van der Waals surface area contributed by atoms with Crippen LogP contribution in [0.5, 0.6) is 5.75 Å². The molecule has 2 N–H and O–H groups in total. The molecule has 1 amide bonds. The van der Waals surface area contributed by atoms with Crippen molar-refractivity contribution in [2.45, 2.75) is 44.6 Å². The number of aliphatic carboxylic acids is 1. The highest BCUT2D eigenvalue weighted by Gasteiger charge is 2.42. The summed E-state index contributed by atoms with van der Waals surface area (Å²) in [6.45, 7) is 1.94. The van der Waals surface area contributed by atoms with E-state index in [0.717, 1.165) is 24.0 Å². The van der Waals surface area contributed by atoms with Crippen molar-refractivity contribution in [2.75, 3.05) is 7.11 Å². The van der Waals surface area contributed by atoms with E-state index in [4.69, 9.17) is 4.74 Å². The van der Waals surface area contributed by atoms with Crippen molar-refractivity contribution in [3.63, 3.8) is 0 Å². The minimum atomic E-state index is -1.09. The van der Waals surface area contributed by atoms with E-state index in [2.05, 4.69) is 5.32 Å². The van der Waals surface area contributed by atoms with Gasteiger partial charge >= 0.3 is 5.97 Å². The number of hydrogen-bond donors (Lipinski definition) is 2. The third kappa shape index (κ3) is 3.35. The highest BCUT2D eigenvalue weighted by atomic mass is 16.5. The minimum Gasteiger partial charge on any atom is -0.496 e. The van der Waals surface area contributed by atoms with Crippen LogP contribution in [0.3, 0.4) is 0 Å². The van der Waals surface area contributed by atoms with Gasteiger partial charge < -0.3 is 15.2 Å². The molecule has 0 spiro atoms. The first kappa shape index (κ1) is 15.4. The van der Waals surface area contributed by atoms with Gasteiger partial charge in [-0.15, -0.1) is 0 Å². The van der Waals surface area contributed by atoms with Crippen molar-refractivity contribution in [1.29, 1.82) is 0 Å². The summed E-state index contributed by atoms with van der Waals surface area (Å²) in [5, 5.41) is 12.1. The molecule has 0 aromatic heterocycles. The summed E-state index contributed by atoms with van der Waals surface area (Å²) in [4.78, 5) is 23.7. The molecule has 21 heavy (non-hydrogen) atoms. The van der Waals surface area contributed by atoms with E-state index in [9.17, 15) is 14.7 Å². The van der Waals surface area contributed by atoms with E-state index in [1.54, 1.807) is 7.11 Å². The Morgan fingerprint density at radius 2 is 2.00 bits per heavy atom. The lowest BCUT2D eigenvalue weighted by molar-refractivity contribution is -0.147. The Labute approximate surface area is 124 Å². The lowest BCUT2D eigenvalue weighted by Gasteiger charge is -2.25. The maximum Gasteiger partial charge on any atom is 0.329 e. The van der Waals surface area contributed by atoms with Gasteiger partial charge in [-0.1, -0.05) is 30.5 Å². The average molecular weight is 291 g/mol. The molecule has 1 aromatic carbocycles. The van der Waals surface area contributed by atoms with Crippen molar-refractivity contribution in [3.05, 3.63) is 29.3 Å². The summed E-state index contributed by atoms with van der Waals surface area (Å²) >= 11 is 0. The van der Waals surface area contributed by atoms with Crippen molar-refractivity contribution in [3.8, 4) is 5.75 Å². The summed E-state index contributed by atoms with van der Waals surface area (Å²) in [6, 6.07) is 5.62. The fourth-order valence-electron chi connectivity index (χ4n) is 2.90. The number of rotatable bonds is 5. The van der Waals surface area contributed by atoms with Gasteiger partial charge in [-0.3, -0.25) is 4.79 Å². The fourth-order valence-corrected chi connectivity index (χ4v) is 2.90. The molecule has 1 aliphatic carbocycles. The van der Waals surface area contributed by atoms with Crippen molar-refractivity contribution < 1.29 is 19.4 Å². The number of carboxylic acids is 1. The second-order valence-corrected chi connectivity index (χ2v) is 5.63. The molecule has 114 valence electrons. The van der Waals surface area contributed by atoms with Crippen molar-refractivity contribution >= 4 is 11.9 Å². The molecule has 1 aromatic rings. The predicted molar refractivity (Wildman–Crippen MR) is 78.4 cm³/mol. The molecule has 0 aliphatic heterocycles. The van der Waals surface area contributed by atoms with Crippen LogP contribution in [-0.2, 0) is 16.0 Å². The number of nitrogens with one attached hydrogen (secondary N) is 1. The van der Waals surface area contributed by atoms with Crippen LogP contribution in [0.25, 0.3) is 0 Å². The molecule has 2 rings (SSSR count). The average Bonchev–Trinajstić information content (AvgIpc) is 2.88. The second kappa shape index (κ2) is 6.16. The van der Waals surface area contributed by atoms with Gasteiger partial charge in [0, 0.05) is 5.56 Å². The van der Waals surface area contributed by atoms with Gasteiger partial charge in [0.1, 0.15) is 11.3 Å². The topological polar surface area (TPSA) is 75.6 Å². The van der Waals surface area contributed by atoms with Crippen LogP contribution in [0, 0.1) is 6.92 Å². The van der Waals surface area contributed by atoms with Crippen LogP contribution < -0.4 is 10.1 Å². The zero-order valence-electron chi connectivity index (χ0n) is 12.4. The minimum absolute atomic E-state index is 0.125. The van der Waals surface area contributed by atoms with Crippen molar-refractivity contribution in [1.82, 2.24) is 5.32 Å². The van der Waals surface area contributed by atoms with Crippen LogP contribution in [0.2, 0.25) is 0 Å². The third-order valence-electron chi connectivity index (χ3n) is 4.03. The molecule has 5 nitrogen and oxygen atoms in total. The number of aryl methyl sites for hydroxylation is 1. The molecule has 1 saturated carbocycles. The smallest absolute Gasteiger partial charge is 0.329 e. The van der Waals surface area contributed by atoms with Gasteiger partial charge in [0.15, 0.2) is 0 Å². The largest absolute Gasteiger partial charge is 0.496 e. The van der Waals surface area contributed by atoms with Crippen LogP contribution in [0.1, 0.15) is 36.8 Å².